The lowest BCUT2D eigenvalue weighted by Gasteiger charge is -2.08. The number of aromatic nitrogens is 2. The van der Waals surface area contributed by atoms with Crippen molar-refractivity contribution in [2.75, 3.05) is 6.54 Å². The van der Waals surface area contributed by atoms with Gasteiger partial charge in [0.25, 0.3) is 0 Å². The number of benzene rings is 1. The smallest absolute Gasteiger partial charge is 0.244 e. The van der Waals surface area contributed by atoms with E-state index in [0.29, 0.717) is 19.4 Å². The monoisotopic (exact) mass is 342 g/mol. The zero-order valence-electron chi connectivity index (χ0n) is 13.9. The highest BCUT2D eigenvalue weighted by atomic mass is 19.1. The summed E-state index contributed by atoms with van der Waals surface area (Å²) in [7, 11) is 1.82. The summed E-state index contributed by atoms with van der Waals surface area (Å²) in [5.74, 6) is -0.451. The molecule has 1 aliphatic heterocycles. The predicted molar refractivity (Wildman–Crippen MR) is 92.3 cm³/mol. The maximum absolute atomic E-state index is 12.9. The molecule has 7 heteroatoms. The van der Waals surface area contributed by atoms with E-state index in [1.807, 2.05) is 13.2 Å². The predicted octanol–water partition coefficient (Wildman–Crippen LogP) is 2.08. The van der Waals surface area contributed by atoms with Crippen LogP contribution >= 0.6 is 0 Å². The maximum atomic E-state index is 12.9. The number of carbonyl (C=O) groups is 1. The van der Waals surface area contributed by atoms with Crippen LogP contribution in [-0.2, 0) is 23.1 Å². The lowest BCUT2D eigenvalue weighted by molar-refractivity contribution is -0.117. The fraction of sp³-hybridized carbons (Fsp3) is 0.278. The number of halogens is 1. The second kappa shape index (κ2) is 7.74. The van der Waals surface area contributed by atoms with Crippen molar-refractivity contribution in [1.29, 1.82) is 0 Å². The van der Waals surface area contributed by atoms with E-state index in [-0.39, 0.29) is 17.8 Å². The number of hydrogen-bond donors (Lipinski definition) is 1. The van der Waals surface area contributed by atoms with Gasteiger partial charge < -0.3 is 10.2 Å². The highest BCUT2D eigenvalue weighted by Gasteiger charge is 2.21. The molecule has 1 aromatic carbocycles. The van der Waals surface area contributed by atoms with Gasteiger partial charge in [0.15, 0.2) is 0 Å². The molecular weight excluding hydrogens is 323 g/mol. The number of nitrogens with one attached hydrogen (secondary N) is 1. The van der Waals surface area contributed by atoms with Crippen molar-refractivity contribution in [1.82, 2.24) is 15.1 Å². The minimum Gasteiger partial charge on any atom is -0.390 e. The van der Waals surface area contributed by atoms with Crippen molar-refractivity contribution in [3.8, 4) is 0 Å². The molecule has 1 unspecified atom stereocenters. The van der Waals surface area contributed by atoms with Crippen molar-refractivity contribution in [2.24, 2.45) is 12.2 Å². The number of oxime groups is 1. The van der Waals surface area contributed by atoms with E-state index >= 15 is 0 Å². The Bertz CT molecular complexity index is 796. The average Bonchev–Trinajstić information content (AvgIpc) is 3.22. The summed E-state index contributed by atoms with van der Waals surface area (Å²) in [6.07, 6.45) is 7.75. The SMILES string of the molecule is Cn1cc(C=CC(=O)NCC2CC(Cc3ccc(F)cc3)=NO2)cn1. The summed E-state index contributed by atoms with van der Waals surface area (Å²) in [5.41, 5.74) is 2.73. The summed E-state index contributed by atoms with van der Waals surface area (Å²) >= 11 is 0. The highest BCUT2D eigenvalue weighted by Crippen LogP contribution is 2.14. The first-order valence-corrected chi connectivity index (χ1v) is 7.99. The Morgan fingerprint density at radius 3 is 2.96 bits per heavy atom. The number of aryl methyl sites for hydroxylation is 1. The number of nitrogens with zero attached hydrogens (tertiary/aromatic N) is 3. The highest BCUT2D eigenvalue weighted by molar-refractivity contribution is 5.92. The topological polar surface area (TPSA) is 68.5 Å². The Labute approximate surface area is 145 Å². The van der Waals surface area contributed by atoms with E-state index in [0.717, 1.165) is 16.8 Å². The van der Waals surface area contributed by atoms with E-state index in [2.05, 4.69) is 15.6 Å². The van der Waals surface area contributed by atoms with Gasteiger partial charge in [0.1, 0.15) is 11.9 Å². The van der Waals surface area contributed by atoms with Gasteiger partial charge in [-0.3, -0.25) is 9.48 Å². The molecule has 0 saturated heterocycles. The van der Waals surface area contributed by atoms with Crippen LogP contribution < -0.4 is 5.32 Å². The molecule has 1 N–H and O–H groups in total. The van der Waals surface area contributed by atoms with E-state index in [4.69, 9.17) is 4.84 Å². The van der Waals surface area contributed by atoms with Crippen LogP contribution in [0.5, 0.6) is 0 Å². The Kier molecular flexibility index (Phi) is 5.23. The van der Waals surface area contributed by atoms with Crippen molar-refractivity contribution >= 4 is 17.7 Å². The van der Waals surface area contributed by atoms with Crippen LogP contribution in [0.3, 0.4) is 0 Å². The van der Waals surface area contributed by atoms with Gasteiger partial charge in [-0.05, 0) is 23.8 Å². The summed E-state index contributed by atoms with van der Waals surface area (Å²) in [6.45, 7) is 0.382. The second-order valence-electron chi connectivity index (χ2n) is 5.92. The maximum Gasteiger partial charge on any atom is 0.244 e. The second-order valence-corrected chi connectivity index (χ2v) is 5.92. The average molecular weight is 342 g/mol. The summed E-state index contributed by atoms with van der Waals surface area (Å²) < 4.78 is 14.6. The fourth-order valence-electron chi connectivity index (χ4n) is 2.51. The largest absolute Gasteiger partial charge is 0.390 e. The van der Waals surface area contributed by atoms with Gasteiger partial charge in [0.05, 0.1) is 18.5 Å². The van der Waals surface area contributed by atoms with Crippen molar-refractivity contribution in [3.05, 3.63) is 59.7 Å². The molecule has 2 aromatic rings. The van der Waals surface area contributed by atoms with Gasteiger partial charge in [-0.25, -0.2) is 4.39 Å². The first-order valence-electron chi connectivity index (χ1n) is 7.99. The van der Waals surface area contributed by atoms with Crippen LogP contribution in [0, 0.1) is 5.82 Å². The molecule has 1 atom stereocenters. The molecule has 3 rings (SSSR count). The molecule has 6 nitrogen and oxygen atoms in total. The lowest BCUT2D eigenvalue weighted by Crippen LogP contribution is -2.31. The number of carbonyl (C=O) groups excluding carboxylic acids is 1. The first-order chi connectivity index (χ1) is 12.1. The minimum atomic E-state index is -0.256. The van der Waals surface area contributed by atoms with Crippen LogP contribution in [0.15, 0.2) is 47.9 Å². The third-order valence-electron chi connectivity index (χ3n) is 3.77. The zero-order chi connectivity index (χ0) is 17.6. The van der Waals surface area contributed by atoms with Crippen molar-refractivity contribution in [3.63, 3.8) is 0 Å². The summed E-state index contributed by atoms with van der Waals surface area (Å²) in [6, 6.07) is 6.32. The Morgan fingerprint density at radius 1 is 1.44 bits per heavy atom. The molecule has 1 aromatic heterocycles. The van der Waals surface area contributed by atoms with Gasteiger partial charge in [-0.2, -0.15) is 5.10 Å². The fourth-order valence-corrected chi connectivity index (χ4v) is 2.51. The lowest BCUT2D eigenvalue weighted by atomic mass is 10.0. The van der Waals surface area contributed by atoms with Gasteiger partial charge in [0, 0.05) is 37.7 Å². The van der Waals surface area contributed by atoms with Crippen molar-refractivity contribution in [2.45, 2.75) is 18.9 Å². The van der Waals surface area contributed by atoms with E-state index < -0.39 is 0 Å². The molecule has 2 heterocycles. The standard InChI is InChI=1S/C18H19FN4O2/c1-23-12-14(10-21-23)4-7-18(24)20-11-17-9-16(22-25-17)8-13-2-5-15(19)6-3-13/h2-7,10,12,17H,8-9,11H2,1H3,(H,20,24). The first kappa shape index (κ1) is 16.9. The van der Waals surface area contributed by atoms with E-state index in [1.54, 1.807) is 29.1 Å². The number of amides is 1. The van der Waals surface area contributed by atoms with Crippen LogP contribution in [0.4, 0.5) is 4.39 Å². The molecular formula is C18H19FN4O2. The number of hydrogen-bond acceptors (Lipinski definition) is 4. The summed E-state index contributed by atoms with van der Waals surface area (Å²) in [5, 5.41) is 10.9. The molecule has 25 heavy (non-hydrogen) atoms. The van der Waals surface area contributed by atoms with E-state index in [9.17, 15) is 9.18 Å². The Hall–Kier alpha value is -2.96. The molecule has 0 radical (unpaired) electrons. The molecule has 0 fully saturated rings. The molecule has 0 spiro atoms. The third kappa shape index (κ3) is 5.00. The molecule has 0 aliphatic carbocycles. The minimum absolute atomic E-state index is 0.175. The Morgan fingerprint density at radius 2 is 2.24 bits per heavy atom. The van der Waals surface area contributed by atoms with Gasteiger partial charge in [0.2, 0.25) is 5.91 Å². The van der Waals surface area contributed by atoms with Crippen LogP contribution in [0.1, 0.15) is 17.5 Å². The molecule has 0 bridgehead atoms. The van der Waals surface area contributed by atoms with Crippen LogP contribution in [0.2, 0.25) is 0 Å². The van der Waals surface area contributed by atoms with Crippen LogP contribution in [0.25, 0.3) is 6.08 Å². The number of rotatable bonds is 6. The van der Waals surface area contributed by atoms with Crippen LogP contribution in [-0.4, -0.2) is 34.0 Å². The van der Waals surface area contributed by atoms with E-state index in [1.165, 1.54) is 18.2 Å². The summed E-state index contributed by atoms with van der Waals surface area (Å²) in [4.78, 5) is 17.2. The zero-order valence-corrected chi connectivity index (χ0v) is 13.9. The molecule has 1 aliphatic rings. The van der Waals surface area contributed by atoms with Gasteiger partial charge in [-0.15, -0.1) is 0 Å². The molecule has 1 amide bonds. The molecule has 0 saturated carbocycles. The normalized spacial score (nSPS) is 16.7. The quantitative estimate of drug-likeness (QED) is 0.817. The molecule has 130 valence electrons. The third-order valence-corrected chi connectivity index (χ3v) is 3.77. The van der Waals surface area contributed by atoms with Gasteiger partial charge >= 0.3 is 0 Å². The van der Waals surface area contributed by atoms with Crippen molar-refractivity contribution < 1.29 is 14.0 Å². The Balaban J connectivity index is 1.41. The van der Waals surface area contributed by atoms with Gasteiger partial charge in [-0.1, -0.05) is 17.3 Å².